The predicted molar refractivity (Wildman–Crippen MR) is 102 cm³/mol. The molecule has 27 heavy (non-hydrogen) atoms. The quantitative estimate of drug-likeness (QED) is 0.597. The molecular weight excluding hydrogens is 414 g/mol. The average molecular weight is 430 g/mol. The predicted octanol–water partition coefficient (Wildman–Crippen LogP) is 2.21. The standard InChI is InChI=1S/C18H16BrN5O3/c19-13-7-5-12(6-8-13)9-24-11-21-18(23-24)22-17(26)14-3-1-2-4-15(14)27-10-16(20)25/h1-8,11H,9-10H2,(H2,20,25)(H,22,23,26). The van der Waals surface area contributed by atoms with Crippen LogP contribution in [0.15, 0.2) is 59.3 Å². The van der Waals surface area contributed by atoms with Crippen LogP contribution in [0.3, 0.4) is 0 Å². The zero-order chi connectivity index (χ0) is 19.2. The van der Waals surface area contributed by atoms with E-state index < -0.39 is 11.8 Å². The first-order chi connectivity index (χ1) is 13.0. The fraction of sp³-hybridized carbons (Fsp3) is 0.111. The van der Waals surface area contributed by atoms with E-state index in [1.165, 1.54) is 6.33 Å². The summed E-state index contributed by atoms with van der Waals surface area (Å²) in [6.45, 7) is 0.207. The van der Waals surface area contributed by atoms with Crippen LogP contribution in [0.1, 0.15) is 15.9 Å². The van der Waals surface area contributed by atoms with E-state index in [9.17, 15) is 9.59 Å². The van der Waals surface area contributed by atoms with E-state index in [1.54, 1.807) is 28.9 Å². The summed E-state index contributed by atoms with van der Waals surface area (Å²) in [5.74, 6) is -0.653. The lowest BCUT2D eigenvalue weighted by molar-refractivity contribution is -0.119. The van der Waals surface area contributed by atoms with E-state index in [0.717, 1.165) is 10.0 Å². The molecule has 0 atom stereocenters. The summed E-state index contributed by atoms with van der Waals surface area (Å²) in [7, 11) is 0. The van der Waals surface area contributed by atoms with Crippen molar-refractivity contribution in [3.05, 3.63) is 70.5 Å². The van der Waals surface area contributed by atoms with Gasteiger partial charge in [-0.25, -0.2) is 9.67 Å². The number of carbonyl (C=O) groups is 2. The molecule has 3 aromatic rings. The van der Waals surface area contributed by atoms with Gasteiger partial charge >= 0.3 is 0 Å². The first-order valence-corrected chi connectivity index (χ1v) is 8.76. The minimum absolute atomic E-state index is 0.168. The number of aromatic nitrogens is 3. The van der Waals surface area contributed by atoms with Gasteiger partial charge in [0.15, 0.2) is 6.61 Å². The van der Waals surface area contributed by atoms with Gasteiger partial charge in [-0.05, 0) is 29.8 Å². The molecule has 8 nitrogen and oxygen atoms in total. The van der Waals surface area contributed by atoms with Gasteiger partial charge in [0, 0.05) is 4.47 Å². The number of para-hydroxylation sites is 1. The summed E-state index contributed by atoms with van der Waals surface area (Å²) in [5.41, 5.74) is 6.37. The molecule has 1 heterocycles. The van der Waals surface area contributed by atoms with E-state index in [2.05, 4.69) is 31.3 Å². The van der Waals surface area contributed by atoms with Crippen LogP contribution in [0.4, 0.5) is 5.95 Å². The largest absolute Gasteiger partial charge is 0.483 e. The zero-order valence-corrected chi connectivity index (χ0v) is 15.7. The van der Waals surface area contributed by atoms with Gasteiger partial charge < -0.3 is 10.5 Å². The van der Waals surface area contributed by atoms with Gasteiger partial charge in [0.2, 0.25) is 5.95 Å². The van der Waals surface area contributed by atoms with Crippen molar-refractivity contribution in [2.75, 3.05) is 11.9 Å². The summed E-state index contributed by atoms with van der Waals surface area (Å²) < 4.78 is 7.88. The summed E-state index contributed by atoms with van der Waals surface area (Å²) in [4.78, 5) is 27.5. The van der Waals surface area contributed by atoms with Crippen LogP contribution in [-0.2, 0) is 11.3 Å². The topological polar surface area (TPSA) is 112 Å². The van der Waals surface area contributed by atoms with Crippen molar-refractivity contribution < 1.29 is 14.3 Å². The van der Waals surface area contributed by atoms with Gasteiger partial charge in [0.1, 0.15) is 12.1 Å². The third kappa shape index (κ3) is 5.14. The molecule has 3 N–H and O–H groups in total. The number of primary amides is 1. The molecule has 0 fully saturated rings. The fourth-order valence-electron chi connectivity index (χ4n) is 2.30. The Morgan fingerprint density at radius 3 is 2.63 bits per heavy atom. The summed E-state index contributed by atoms with van der Waals surface area (Å²) >= 11 is 3.39. The Kier molecular flexibility index (Phi) is 5.82. The smallest absolute Gasteiger partial charge is 0.261 e. The molecular formula is C18H16BrN5O3. The van der Waals surface area contributed by atoms with Gasteiger partial charge in [0.05, 0.1) is 12.1 Å². The maximum Gasteiger partial charge on any atom is 0.261 e. The number of amides is 2. The summed E-state index contributed by atoms with van der Waals surface area (Å²) in [5, 5.41) is 6.86. The Labute approximate surface area is 163 Å². The molecule has 0 unspecified atom stereocenters. The minimum Gasteiger partial charge on any atom is -0.483 e. The van der Waals surface area contributed by atoms with E-state index in [0.29, 0.717) is 6.54 Å². The highest BCUT2D eigenvalue weighted by atomic mass is 79.9. The maximum absolute atomic E-state index is 12.5. The van der Waals surface area contributed by atoms with E-state index in [1.807, 2.05) is 24.3 Å². The van der Waals surface area contributed by atoms with Gasteiger partial charge in [0.25, 0.3) is 11.8 Å². The first kappa shape index (κ1) is 18.6. The second kappa shape index (κ2) is 8.45. The van der Waals surface area contributed by atoms with Gasteiger partial charge in [-0.2, -0.15) is 0 Å². The number of nitrogens with zero attached hydrogens (tertiary/aromatic N) is 3. The molecule has 9 heteroatoms. The number of hydrogen-bond acceptors (Lipinski definition) is 5. The Morgan fingerprint density at radius 2 is 1.89 bits per heavy atom. The normalized spacial score (nSPS) is 10.4. The summed E-state index contributed by atoms with van der Waals surface area (Å²) in [6.07, 6.45) is 1.53. The lowest BCUT2D eigenvalue weighted by Crippen LogP contribution is -2.21. The lowest BCUT2D eigenvalue weighted by Gasteiger charge is -2.09. The van der Waals surface area contributed by atoms with Gasteiger partial charge in [-0.1, -0.05) is 40.2 Å². The monoisotopic (exact) mass is 429 g/mol. The van der Waals surface area contributed by atoms with Crippen molar-refractivity contribution in [1.82, 2.24) is 14.8 Å². The molecule has 2 aromatic carbocycles. The Bertz CT molecular complexity index is 956. The molecule has 1 aromatic heterocycles. The second-order valence-corrected chi connectivity index (χ2v) is 6.51. The second-order valence-electron chi connectivity index (χ2n) is 5.60. The third-order valence-corrected chi connectivity index (χ3v) is 4.05. The van der Waals surface area contributed by atoms with Crippen molar-refractivity contribution in [1.29, 1.82) is 0 Å². The van der Waals surface area contributed by atoms with E-state index >= 15 is 0 Å². The van der Waals surface area contributed by atoms with Crippen molar-refractivity contribution in [2.45, 2.75) is 6.54 Å². The van der Waals surface area contributed by atoms with Crippen LogP contribution >= 0.6 is 15.9 Å². The third-order valence-electron chi connectivity index (χ3n) is 3.52. The fourth-order valence-corrected chi connectivity index (χ4v) is 2.57. The number of nitrogens with two attached hydrogens (primary N) is 1. The Balaban J connectivity index is 1.67. The molecule has 0 aliphatic rings. The number of anilines is 1. The number of halogens is 1. The van der Waals surface area contributed by atoms with E-state index in [4.69, 9.17) is 10.5 Å². The number of rotatable bonds is 7. The molecule has 138 valence electrons. The molecule has 3 rings (SSSR count). The van der Waals surface area contributed by atoms with Crippen LogP contribution in [0, 0.1) is 0 Å². The van der Waals surface area contributed by atoms with Crippen molar-refractivity contribution in [3.63, 3.8) is 0 Å². The van der Waals surface area contributed by atoms with Crippen molar-refractivity contribution >= 4 is 33.7 Å². The number of hydrogen-bond donors (Lipinski definition) is 2. The highest BCUT2D eigenvalue weighted by molar-refractivity contribution is 9.10. The molecule has 2 amide bonds. The average Bonchev–Trinajstić information content (AvgIpc) is 3.09. The number of ether oxygens (including phenoxy) is 1. The van der Waals surface area contributed by atoms with Crippen molar-refractivity contribution in [3.8, 4) is 5.75 Å². The number of benzene rings is 2. The van der Waals surface area contributed by atoms with Crippen LogP contribution in [-0.4, -0.2) is 33.2 Å². The van der Waals surface area contributed by atoms with Crippen LogP contribution in [0.2, 0.25) is 0 Å². The molecule has 0 bridgehead atoms. The molecule has 0 aliphatic carbocycles. The first-order valence-electron chi connectivity index (χ1n) is 7.96. The molecule has 0 saturated heterocycles. The zero-order valence-electron chi connectivity index (χ0n) is 14.1. The van der Waals surface area contributed by atoms with Crippen LogP contribution in [0.25, 0.3) is 0 Å². The molecule has 0 radical (unpaired) electrons. The highest BCUT2D eigenvalue weighted by Gasteiger charge is 2.15. The minimum atomic E-state index is -0.626. The van der Waals surface area contributed by atoms with Crippen LogP contribution in [0.5, 0.6) is 5.75 Å². The highest BCUT2D eigenvalue weighted by Crippen LogP contribution is 2.19. The SMILES string of the molecule is NC(=O)COc1ccccc1C(=O)Nc1ncn(Cc2ccc(Br)cc2)n1. The van der Waals surface area contributed by atoms with Gasteiger partial charge in [-0.15, -0.1) is 5.10 Å². The number of nitrogens with one attached hydrogen (secondary N) is 1. The lowest BCUT2D eigenvalue weighted by atomic mass is 10.2. The maximum atomic E-state index is 12.5. The van der Waals surface area contributed by atoms with Crippen molar-refractivity contribution in [2.24, 2.45) is 5.73 Å². The Morgan fingerprint density at radius 1 is 1.15 bits per heavy atom. The Hall–Kier alpha value is -3.20. The molecule has 0 spiro atoms. The van der Waals surface area contributed by atoms with Crippen LogP contribution < -0.4 is 15.8 Å². The molecule has 0 aliphatic heterocycles. The van der Waals surface area contributed by atoms with E-state index in [-0.39, 0.29) is 23.9 Å². The number of carbonyl (C=O) groups excluding carboxylic acids is 2. The summed E-state index contributed by atoms with van der Waals surface area (Å²) in [6, 6.07) is 14.4. The molecule has 0 saturated carbocycles. The van der Waals surface area contributed by atoms with Gasteiger partial charge in [-0.3, -0.25) is 14.9 Å².